The quantitative estimate of drug-likeness (QED) is 0.507. The van der Waals surface area contributed by atoms with Crippen LogP contribution in [0.3, 0.4) is 0 Å². The van der Waals surface area contributed by atoms with Crippen molar-refractivity contribution in [2.75, 3.05) is 0 Å². The lowest BCUT2D eigenvalue weighted by Crippen LogP contribution is -2.03. The molecule has 3 aromatic rings. The highest BCUT2D eigenvalue weighted by atomic mass is 32.2. The highest BCUT2D eigenvalue weighted by molar-refractivity contribution is 7.98. The van der Waals surface area contributed by atoms with E-state index in [1.807, 2.05) is 19.9 Å². The summed E-state index contributed by atoms with van der Waals surface area (Å²) in [5.41, 5.74) is 3.53. The molecule has 6 heteroatoms. The summed E-state index contributed by atoms with van der Waals surface area (Å²) in [5, 5.41) is 10.7. The van der Waals surface area contributed by atoms with Gasteiger partial charge in [-0.15, -0.1) is 10.2 Å². The molecule has 4 rings (SSSR count). The average molecular weight is 355 g/mol. The van der Waals surface area contributed by atoms with Crippen molar-refractivity contribution in [3.8, 4) is 0 Å². The number of thioether (sulfide) groups is 1. The predicted octanol–water partition coefficient (Wildman–Crippen LogP) is 4.19. The molecule has 0 atom stereocenters. The summed E-state index contributed by atoms with van der Waals surface area (Å²) in [6, 6.07) is 5.71. The van der Waals surface area contributed by atoms with Gasteiger partial charge in [-0.25, -0.2) is 4.79 Å². The summed E-state index contributed by atoms with van der Waals surface area (Å²) >= 11 is 1.63. The molecule has 2 aromatic heterocycles. The number of hydrogen-bond donors (Lipinski definition) is 0. The molecule has 1 aliphatic carbocycles. The van der Waals surface area contributed by atoms with Gasteiger partial charge in [-0.2, -0.15) is 0 Å². The number of nitrogens with zero attached hydrogens (tertiary/aromatic N) is 3. The molecule has 5 nitrogen and oxygen atoms in total. The number of aromatic nitrogens is 3. The van der Waals surface area contributed by atoms with E-state index in [-0.39, 0.29) is 5.63 Å². The maximum absolute atomic E-state index is 12.0. The Kier molecular flexibility index (Phi) is 4.15. The molecule has 2 heterocycles. The molecule has 0 unspecified atom stereocenters. The molecule has 130 valence electrons. The van der Waals surface area contributed by atoms with Crippen LogP contribution in [0.15, 0.2) is 32.6 Å². The van der Waals surface area contributed by atoms with E-state index < -0.39 is 0 Å². The van der Waals surface area contributed by atoms with Crippen LogP contribution in [0.4, 0.5) is 0 Å². The van der Waals surface area contributed by atoms with Gasteiger partial charge in [0.05, 0.1) is 0 Å². The Morgan fingerprint density at radius 2 is 2.08 bits per heavy atom. The Bertz CT molecular complexity index is 1000. The minimum absolute atomic E-state index is 0.299. The maximum atomic E-state index is 12.0. The van der Waals surface area contributed by atoms with Gasteiger partial charge in [0.1, 0.15) is 11.4 Å². The van der Waals surface area contributed by atoms with Gasteiger partial charge < -0.3 is 8.98 Å². The molecule has 0 N–H and O–H groups in total. The Morgan fingerprint density at radius 1 is 1.28 bits per heavy atom. The van der Waals surface area contributed by atoms with Crippen LogP contribution < -0.4 is 5.63 Å². The topological polar surface area (TPSA) is 60.9 Å². The van der Waals surface area contributed by atoms with Crippen molar-refractivity contribution in [1.29, 1.82) is 0 Å². The van der Waals surface area contributed by atoms with Crippen LogP contribution >= 0.6 is 11.8 Å². The molecule has 1 aromatic carbocycles. The van der Waals surface area contributed by atoms with E-state index in [9.17, 15) is 4.79 Å². The second kappa shape index (κ2) is 6.33. The molecule has 0 bridgehead atoms. The van der Waals surface area contributed by atoms with Gasteiger partial charge in [0, 0.05) is 29.7 Å². The fourth-order valence-electron chi connectivity index (χ4n) is 3.13. The van der Waals surface area contributed by atoms with E-state index in [2.05, 4.69) is 27.8 Å². The van der Waals surface area contributed by atoms with Crippen molar-refractivity contribution >= 4 is 22.7 Å². The van der Waals surface area contributed by atoms with Crippen LogP contribution in [-0.2, 0) is 12.3 Å². The van der Waals surface area contributed by atoms with Gasteiger partial charge in [-0.05, 0) is 50.3 Å². The molecule has 1 fully saturated rings. The smallest absolute Gasteiger partial charge is 0.336 e. The molecule has 0 saturated heterocycles. The maximum Gasteiger partial charge on any atom is 0.336 e. The Labute approximate surface area is 150 Å². The van der Waals surface area contributed by atoms with E-state index in [0.29, 0.717) is 17.3 Å². The molecule has 0 spiro atoms. The van der Waals surface area contributed by atoms with Crippen molar-refractivity contribution in [3.63, 3.8) is 0 Å². The van der Waals surface area contributed by atoms with Gasteiger partial charge >= 0.3 is 5.63 Å². The Hall–Kier alpha value is -2.08. The molecule has 25 heavy (non-hydrogen) atoms. The first-order valence-electron chi connectivity index (χ1n) is 8.67. The van der Waals surface area contributed by atoms with Crippen molar-refractivity contribution in [1.82, 2.24) is 14.8 Å². The lowest BCUT2D eigenvalue weighted by Gasteiger charge is -2.09. The van der Waals surface area contributed by atoms with Crippen LogP contribution in [0.2, 0.25) is 0 Å². The second-order valence-corrected chi connectivity index (χ2v) is 7.57. The molecule has 1 saturated carbocycles. The summed E-state index contributed by atoms with van der Waals surface area (Å²) in [6.45, 7) is 7.02. The fraction of sp³-hybridized carbons (Fsp3) is 0.421. The first-order chi connectivity index (χ1) is 12.1. The summed E-state index contributed by atoms with van der Waals surface area (Å²) < 4.78 is 7.66. The highest BCUT2D eigenvalue weighted by Gasteiger charge is 2.30. The monoisotopic (exact) mass is 355 g/mol. The number of benzene rings is 1. The molecule has 0 radical (unpaired) electrons. The lowest BCUT2D eigenvalue weighted by atomic mass is 10.0. The summed E-state index contributed by atoms with van der Waals surface area (Å²) in [7, 11) is 0. The van der Waals surface area contributed by atoms with Crippen LogP contribution in [-0.4, -0.2) is 14.8 Å². The van der Waals surface area contributed by atoms with Gasteiger partial charge in [-0.3, -0.25) is 0 Å². The number of aryl methyl sites for hydroxylation is 2. The van der Waals surface area contributed by atoms with E-state index in [4.69, 9.17) is 4.42 Å². The normalized spacial score (nSPS) is 14.4. The number of fused-ring (bicyclic) bond motifs is 1. The van der Waals surface area contributed by atoms with Crippen LogP contribution in [0, 0.1) is 13.8 Å². The average Bonchev–Trinajstić information content (AvgIpc) is 3.36. The predicted molar refractivity (Wildman–Crippen MR) is 99.2 cm³/mol. The van der Waals surface area contributed by atoms with Crippen LogP contribution in [0.5, 0.6) is 0 Å². The second-order valence-electron chi connectivity index (χ2n) is 6.62. The third-order valence-electron chi connectivity index (χ3n) is 4.88. The van der Waals surface area contributed by atoms with E-state index >= 15 is 0 Å². The van der Waals surface area contributed by atoms with Gasteiger partial charge in [0.25, 0.3) is 0 Å². The van der Waals surface area contributed by atoms with E-state index in [0.717, 1.165) is 39.6 Å². The third kappa shape index (κ3) is 2.99. The minimum atomic E-state index is -0.299. The zero-order valence-electron chi connectivity index (χ0n) is 14.7. The van der Waals surface area contributed by atoms with Crippen LogP contribution in [0.25, 0.3) is 11.0 Å². The summed E-state index contributed by atoms with van der Waals surface area (Å²) in [6.07, 6.45) is 2.43. The molecule has 0 aliphatic heterocycles. The van der Waals surface area contributed by atoms with Crippen LogP contribution in [0.1, 0.15) is 48.2 Å². The lowest BCUT2D eigenvalue weighted by molar-refractivity contribution is 0.557. The van der Waals surface area contributed by atoms with Gasteiger partial charge in [0.2, 0.25) is 0 Å². The van der Waals surface area contributed by atoms with Crippen molar-refractivity contribution < 1.29 is 4.42 Å². The summed E-state index contributed by atoms with van der Waals surface area (Å²) in [4.78, 5) is 12.0. The molecule has 1 aliphatic rings. The summed E-state index contributed by atoms with van der Waals surface area (Å²) in [5.74, 6) is 2.36. The van der Waals surface area contributed by atoms with Crippen molar-refractivity contribution in [2.24, 2.45) is 0 Å². The largest absolute Gasteiger partial charge is 0.422 e. The number of hydrogen-bond acceptors (Lipinski definition) is 5. The number of rotatable bonds is 5. The zero-order valence-corrected chi connectivity index (χ0v) is 15.5. The van der Waals surface area contributed by atoms with Crippen molar-refractivity contribution in [2.45, 2.75) is 57.0 Å². The van der Waals surface area contributed by atoms with E-state index in [1.54, 1.807) is 17.8 Å². The first kappa shape index (κ1) is 16.4. The molecular weight excluding hydrogens is 334 g/mol. The standard InChI is InChI=1S/C19H21N3O2S/c1-4-22-18(13-6-7-13)20-21-19(22)25-10-14-9-16(23)24-17-12(3)11(2)5-8-15(14)17/h5,8-9,13H,4,6-7,10H2,1-3H3. The third-order valence-corrected chi connectivity index (χ3v) is 5.89. The van der Waals surface area contributed by atoms with Gasteiger partial charge in [0.15, 0.2) is 5.16 Å². The molecule has 0 amide bonds. The Morgan fingerprint density at radius 3 is 2.80 bits per heavy atom. The minimum Gasteiger partial charge on any atom is -0.422 e. The van der Waals surface area contributed by atoms with E-state index in [1.165, 1.54) is 12.8 Å². The van der Waals surface area contributed by atoms with Crippen molar-refractivity contribution in [3.05, 3.63) is 51.1 Å². The highest BCUT2D eigenvalue weighted by Crippen LogP contribution is 2.40. The Balaban J connectivity index is 1.68. The van der Waals surface area contributed by atoms with Gasteiger partial charge in [-0.1, -0.05) is 23.9 Å². The SMILES string of the molecule is CCn1c(SCc2cc(=O)oc3c(C)c(C)ccc23)nnc1C1CC1. The first-order valence-corrected chi connectivity index (χ1v) is 9.66. The zero-order chi connectivity index (χ0) is 17.6. The fourth-order valence-corrected chi connectivity index (χ4v) is 4.13. The molecular formula is C19H21N3O2S.